The van der Waals surface area contributed by atoms with E-state index in [0.717, 1.165) is 43.2 Å². The normalized spacial score (nSPS) is 14.8. The number of carbonyl (C=O) groups excluding carboxylic acids is 1. The number of para-hydroxylation sites is 1. The predicted octanol–water partition coefficient (Wildman–Crippen LogP) is 2.20. The molecule has 3 aromatic rings. The van der Waals surface area contributed by atoms with Crippen molar-refractivity contribution in [1.29, 1.82) is 0 Å². The largest absolute Gasteiger partial charge is 0.354 e. The van der Waals surface area contributed by atoms with Gasteiger partial charge in [0.2, 0.25) is 5.91 Å². The van der Waals surface area contributed by atoms with Gasteiger partial charge in [-0.1, -0.05) is 18.2 Å². The maximum atomic E-state index is 12.4. The zero-order chi connectivity index (χ0) is 19.3. The molecule has 1 aliphatic heterocycles. The fraction of sp³-hybridized carbons (Fsp3) is 0.286. The number of anilines is 2. The third-order valence-electron chi connectivity index (χ3n) is 4.88. The van der Waals surface area contributed by atoms with E-state index in [1.165, 1.54) is 0 Å². The molecule has 0 radical (unpaired) electrons. The lowest BCUT2D eigenvalue weighted by molar-refractivity contribution is -0.115. The second-order valence-corrected chi connectivity index (χ2v) is 7.05. The minimum atomic E-state index is -0.0817. The molecule has 0 unspecified atom stereocenters. The summed E-state index contributed by atoms with van der Waals surface area (Å²) in [5.41, 5.74) is 2.54. The number of rotatable bonds is 5. The molecule has 3 heterocycles. The lowest BCUT2D eigenvalue weighted by Crippen LogP contribution is -2.44. The summed E-state index contributed by atoms with van der Waals surface area (Å²) in [6.07, 6.45) is 5.59. The molecule has 1 aliphatic rings. The van der Waals surface area contributed by atoms with Crippen molar-refractivity contribution in [3.8, 4) is 5.69 Å². The standard InChI is InChI=1S/C21H24N6O/c1-25-9-11-26(12-10-25)20-8-7-18(15-22-20)24-21(28)13-17-14-23-27(16-17)19-5-3-2-4-6-19/h2-8,14-16H,9-13H2,1H3,(H,24,28). The molecule has 7 heteroatoms. The monoisotopic (exact) mass is 376 g/mol. The third kappa shape index (κ3) is 4.37. The van der Waals surface area contributed by atoms with Crippen LogP contribution in [0.2, 0.25) is 0 Å². The fourth-order valence-corrected chi connectivity index (χ4v) is 3.25. The van der Waals surface area contributed by atoms with Gasteiger partial charge in [0.05, 0.1) is 30.2 Å². The molecular weight excluding hydrogens is 352 g/mol. The van der Waals surface area contributed by atoms with Gasteiger partial charge in [-0.05, 0) is 36.9 Å². The zero-order valence-electron chi connectivity index (χ0n) is 16.0. The summed E-state index contributed by atoms with van der Waals surface area (Å²) in [4.78, 5) is 21.4. The second-order valence-electron chi connectivity index (χ2n) is 7.05. The molecule has 1 fully saturated rings. The van der Waals surface area contributed by atoms with Gasteiger partial charge in [0.1, 0.15) is 5.82 Å². The maximum absolute atomic E-state index is 12.4. The number of hydrogen-bond donors (Lipinski definition) is 1. The highest BCUT2D eigenvalue weighted by atomic mass is 16.1. The van der Waals surface area contributed by atoms with Gasteiger partial charge in [-0.3, -0.25) is 4.79 Å². The number of aromatic nitrogens is 3. The van der Waals surface area contributed by atoms with Gasteiger partial charge < -0.3 is 15.1 Å². The van der Waals surface area contributed by atoms with Crippen molar-refractivity contribution in [2.45, 2.75) is 6.42 Å². The van der Waals surface area contributed by atoms with E-state index in [1.807, 2.05) is 48.7 Å². The molecule has 0 bridgehead atoms. The first-order valence-electron chi connectivity index (χ1n) is 9.46. The van der Waals surface area contributed by atoms with E-state index in [0.29, 0.717) is 5.69 Å². The first-order chi connectivity index (χ1) is 13.7. The Morgan fingerprint density at radius 1 is 1.04 bits per heavy atom. The summed E-state index contributed by atoms with van der Waals surface area (Å²) in [6.45, 7) is 4.02. The highest BCUT2D eigenvalue weighted by Gasteiger charge is 2.15. The highest BCUT2D eigenvalue weighted by molar-refractivity contribution is 5.92. The van der Waals surface area contributed by atoms with Gasteiger partial charge >= 0.3 is 0 Å². The number of likely N-dealkylation sites (N-methyl/N-ethyl adjacent to an activating group) is 1. The number of amides is 1. The zero-order valence-corrected chi connectivity index (χ0v) is 16.0. The summed E-state index contributed by atoms with van der Waals surface area (Å²) >= 11 is 0. The average molecular weight is 376 g/mol. The summed E-state index contributed by atoms with van der Waals surface area (Å²) in [5, 5.41) is 7.24. The van der Waals surface area contributed by atoms with E-state index in [9.17, 15) is 4.79 Å². The van der Waals surface area contributed by atoms with Crippen molar-refractivity contribution in [1.82, 2.24) is 19.7 Å². The molecule has 1 aromatic carbocycles. The Morgan fingerprint density at radius 2 is 1.82 bits per heavy atom. The molecule has 1 saturated heterocycles. The van der Waals surface area contributed by atoms with Crippen LogP contribution < -0.4 is 10.2 Å². The lowest BCUT2D eigenvalue weighted by atomic mass is 10.2. The Labute approximate surface area is 164 Å². The smallest absolute Gasteiger partial charge is 0.228 e. The SMILES string of the molecule is CN1CCN(c2ccc(NC(=O)Cc3cnn(-c4ccccc4)c3)cn2)CC1. The number of carbonyl (C=O) groups is 1. The third-order valence-corrected chi connectivity index (χ3v) is 4.88. The van der Waals surface area contributed by atoms with Crippen LogP contribution >= 0.6 is 0 Å². The number of benzene rings is 1. The van der Waals surface area contributed by atoms with E-state index in [1.54, 1.807) is 17.1 Å². The minimum absolute atomic E-state index is 0.0817. The topological polar surface area (TPSA) is 66.3 Å². The quantitative estimate of drug-likeness (QED) is 0.740. The minimum Gasteiger partial charge on any atom is -0.354 e. The number of piperazine rings is 1. The summed E-state index contributed by atoms with van der Waals surface area (Å²) in [5.74, 6) is 0.872. The first kappa shape index (κ1) is 18.2. The molecule has 28 heavy (non-hydrogen) atoms. The van der Waals surface area contributed by atoms with Crippen LogP contribution in [0.25, 0.3) is 5.69 Å². The summed E-state index contributed by atoms with van der Waals surface area (Å²) < 4.78 is 1.77. The van der Waals surface area contributed by atoms with Crippen LogP contribution in [0.1, 0.15) is 5.56 Å². The van der Waals surface area contributed by atoms with Crippen LogP contribution in [-0.4, -0.2) is 58.8 Å². The molecule has 4 rings (SSSR count). The van der Waals surface area contributed by atoms with Crippen molar-refractivity contribution >= 4 is 17.4 Å². The number of nitrogens with one attached hydrogen (secondary N) is 1. The Hall–Kier alpha value is -3.19. The van der Waals surface area contributed by atoms with Crippen LogP contribution in [0, 0.1) is 0 Å². The van der Waals surface area contributed by atoms with Crippen molar-refractivity contribution in [3.05, 3.63) is 66.6 Å². The molecule has 0 saturated carbocycles. The molecular formula is C21H24N6O. The molecule has 7 nitrogen and oxygen atoms in total. The first-order valence-corrected chi connectivity index (χ1v) is 9.46. The van der Waals surface area contributed by atoms with Crippen molar-refractivity contribution in [2.24, 2.45) is 0 Å². The van der Waals surface area contributed by atoms with Crippen LogP contribution in [0.15, 0.2) is 61.1 Å². The predicted molar refractivity (Wildman–Crippen MR) is 110 cm³/mol. The lowest BCUT2D eigenvalue weighted by Gasteiger charge is -2.33. The van der Waals surface area contributed by atoms with Crippen LogP contribution in [0.3, 0.4) is 0 Å². The average Bonchev–Trinajstić information content (AvgIpc) is 3.18. The summed E-state index contributed by atoms with van der Waals surface area (Å²) in [7, 11) is 2.13. The van der Waals surface area contributed by atoms with Crippen molar-refractivity contribution in [3.63, 3.8) is 0 Å². The number of hydrogen-bond acceptors (Lipinski definition) is 5. The fourth-order valence-electron chi connectivity index (χ4n) is 3.25. The number of pyridine rings is 1. The van der Waals surface area contributed by atoms with E-state index in [2.05, 4.69) is 32.2 Å². The Kier molecular flexibility index (Phi) is 5.34. The number of nitrogens with zero attached hydrogens (tertiary/aromatic N) is 5. The van der Waals surface area contributed by atoms with Gasteiger partial charge in [0, 0.05) is 32.4 Å². The second kappa shape index (κ2) is 8.22. The highest BCUT2D eigenvalue weighted by Crippen LogP contribution is 2.16. The van der Waals surface area contributed by atoms with E-state index in [-0.39, 0.29) is 12.3 Å². The van der Waals surface area contributed by atoms with Gasteiger partial charge in [-0.2, -0.15) is 5.10 Å². The molecule has 144 valence electrons. The van der Waals surface area contributed by atoms with Gasteiger partial charge in [-0.15, -0.1) is 0 Å². The van der Waals surface area contributed by atoms with Crippen LogP contribution in [0.5, 0.6) is 0 Å². The Morgan fingerprint density at radius 3 is 2.54 bits per heavy atom. The molecule has 0 spiro atoms. The van der Waals surface area contributed by atoms with Gasteiger partial charge in [0.15, 0.2) is 0 Å². The molecule has 2 aromatic heterocycles. The van der Waals surface area contributed by atoms with Crippen LogP contribution in [-0.2, 0) is 11.2 Å². The van der Waals surface area contributed by atoms with E-state index < -0.39 is 0 Å². The molecule has 1 amide bonds. The van der Waals surface area contributed by atoms with E-state index in [4.69, 9.17) is 0 Å². The Bertz CT molecular complexity index is 914. The maximum Gasteiger partial charge on any atom is 0.228 e. The molecule has 0 aliphatic carbocycles. The van der Waals surface area contributed by atoms with Crippen molar-refractivity contribution in [2.75, 3.05) is 43.4 Å². The van der Waals surface area contributed by atoms with E-state index >= 15 is 0 Å². The molecule has 0 atom stereocenters. The Balaban J connectivity index is 1.33. The van der Waals surface area contributed by atoms with Gasteiger partial charge in [0.25, 0.3) is 0 Å². The molecule has 1 N–H and O–H groups in total. The van der Waals surface area contributed by atoms with Crippen LogP contribution in [0.4, 0.5) is 11.5 Å². The van der Waals surface area contributed by atoms with Gasteiger partial charge in [-0.25, -0.2) is 9.67 Å². The van der Waals surface area contributed by atoms with Crippen molar-refractivity contribution < 1.29 is 4.79 Å². The summed E-state index contributed by atoms with van der Waals surface area (Å²) in [6, 6.07) is 13.7.